The van der Waals surface area contributed by atoms with Crippen molar-refractivity contribution in [2.75, 3.05) is 4.90 Å². The molecule has 0 radical (unpaired) electrons. The van der Waals surface area contributed by atoms with Crippen molar-refractivity contribution in [1.82, 2.24) is 4.57 Å². The third-order valence-electron chi connectivity index (χ3n) is 10.0. The minimum Gasteiger partial charge on any atom is -0.310 e. The zero-order valence-corrected chi connectivity index (χ0v) is 28.6. The lowest BCUT2D eigenvalue weighted by atomic mass is 10.0. The van der Waals surface area contributed by atoms with Gasteiger partial charge < -0.3 is 9.47 Å². The van der Waals surface area contributed by atoms with Gasteiger partial charge in [0.15, 0.2) is 0 Å². The molecule has 0 atom stereocenters. The molecular formula is C48H32N2S. The maximum absolute atomic E-state index is 2.44. The molecule has 0 saturated heterocycles. The van der Waals surface area contributed by atoms with E-state index in [2.05, 4.69) is 204 Å². The summed E-state index contributed by atoms with van der Waals surface area (Å²) in [7, 11) is 0. The van der Waals surface area contributed by atoms with Crippen LogP contribution < -0.4 is 4.90 Å². The molecule has 0 fully saturated rings. The summed E-state index contributed by atoms with van der Waals surface area (Å²) in [5.74, 6) is 0. The normalized spacial score (nSPS) is 11.5. The van der Waals surface area contributed by atoms with Gasteiger partial charge in [-0.2, -0.15) is 0 Å². The number of thiophene rings is 1. The fourth-order valence-electron chi connectivity index (χ4n) is 7.61. The summed E-state index contributed by atoms with van der Waals surface area (Å²) in [6.45, 7) is 0. The Morgan fingerprint density at radius 3 is 1.57 bits per heavy atom. The van der Waals surface area contributed by atoms with E-state index in [1.807, 2.05) is 11.3 Å². The highest BCUT2D eigenvalue weighted by molar-refractivity contribution is 7.25. The second-order valence-corrected chi connectivity index (χ2v) is 14.0. The molecule has 0 spiro atoms. The van der Waals surface area contributed by atoms with Crippen LogP contribution in [0.4, 0.5) is 17.1 Å². The van der Waals surface area contributed by atoms with Gasteiger partial charge in [0.1, 0.15) is 0 Å². The molecule has 3 heteroatoms. The Kier molecular flexibility index (Phi) is 7.04. The Balaban J connectivity index is 1.19. The zero-order valence-electron chi connectivity index (χ0n) is 27.8. The number of rotatable bonds is 6. The van der Waals surface area contributed by atoms with Gasteiger partial charge in [-0.05, 0) is 89.0 Å². The number of aromatic nitrogens is 1. The highest BCUT2D eigenvalue weighted by Crippen LogP contribution is 2.45. The number of nitrogens with zero attached hydrogens (tertiary/aromatic N) is 2. The van der Waals surface area contributed by atoms with Gasteiger partial charge in [0.2, 0.25) is 0 Å². The summed E-state index contributed by atoms with van der Waals surface area (Å²) < 4.78 is 5.07. The van der Waals surface area contributed by atoms with E-state index in [4.69, 9.17) is 0 Å². The average molecular weight is 669 g/mol. The molecule has 8 aromatic carbocycles. The van der Waals surface area contributed by atoms with E-state index in [0.717, 1.165) is 17.1 Å². The number of hydrogen-bond acceptors (Lipinski definition) is 2. The topological polar surface area (TPSA) is 8.17 Å². The monoisotopic (exact) mass is 668 g/mol. The molecule has 240 valence electrons. The predicted octanol–water partition coefficient (Wildman–Crippen LogP) is 14.0. The van der Waals surface area contributed by atoms with E-state index >= 15 is 0 Å². The Bertz CT molecular complexity index is 2750. The Morgan fingerprint density at radius 2 is 0.902 bits per heavy atom. The van der Waals surface area contributed by atoms with Crippen molar-refractivity contribution in [1.29, 1.82) is 0 Å². The molecule has 2 nitrogen and oxygen atoms in total. The van der Waals surface area contributed by atoms with Crippen LogP contribution in [0, 0.1) is 0 Å². The van der Waals surface area contributed by atoms with Crippen molar-refractivity contribution >= 4 is 70.4 Å². The Hall–Kier alpha value is -6.42. The predicted molar refractivity (Wildman–Crippen MR) is 219 cm³/mol. The van der Waals surface area contributed by atoms with Crippen LogP contribution in [-0.2, 0) is 0 Å². The van der Waals surface area contributed by atoms with Crippen LogP contribution in [-0.4, -0.2) is 4.57 Å². The van der Waals surface area contributed by atoms with Gasteiger partial charge in [0.05, 0.1) is 16.7 Å². The quantitative estimate of drug-likeness (QED) is 0.171. The largest absolute Gasteiger partial charge is 0.310 e. The van der Waals surface area contributed by atoms with Crippen LogP contribution in [0.1, 0.15) is 0 Å². The lowest BCUT2D eigenvalue weighted by Gasteiger charge is -2.27. The van der Waals surface area contributed by atoms with Crippen LogP contribution in [0.15, 0.2) is 194 Å². The van der Waals surface area contributed by atoms with Gasteiger partial charge in [-0.25, -0.2) is 0 Å². The number of anilines is 3. The molecule has 0 amide bonds. The lowest BCUT2D eigenvalue weighted by Crippen LogP contribution is -2.10. The van der Waals surface area contributed by atoms with Crippen molar-refractivity contribution in [3.63, 3.8) is 0 Å². The number of hydrogen-bond donors (Lipinski definition) is 0. The molecule has 0 aliphatic rings. The molecular weight excluding hydrogens is 637 g/mol. The van der Waals surface area contributed by atoms with E-state index < -0.39 is 0 Å². The third kappa shape index (κ3) is 5.01. The highest BCUT2D eigenvalue weighted by Gasteiger charge is 2.21. The van der Waals surface area contributed by atoms with Crippen molar-refractivity contribution in [2.45, 2.75) is 0 Å². The van der Waals surface area contributed by atoms with Gasteiger partial charge in [-0.3, -0.25) is 0 Å². The summed E-state index contributed by atoms with van der Waals surface area (Å²) in [6.07, 6.45) is 0. The zero-order chi connectivity index (χ0) is 33.7. The first-order valence-electron chi connectivity index (χ1n) is 17.4. The Morgan fingerprint density at radius 1 is 0.373 bits per heavy atom. The van der Waals surface area contributed by atoms with Gasteiger partial charge in [0, 0.05) is 48.0 Å². The fraction of sp³-hybridized carbons (Fsp3) is 0. The average Bonchev–Trinajstić information content (AvgIpc) is 3.75. The molecule has 0 unspecified atom stereocenters. The van der Waals surface area contributed by atoms with Crippen molar-refractivity contribution in [3.05, 3.63) is 194 Å². The maximum atomic E-state index is 2.44. The smallest absolute Gasteiger partial charge is 0.0562 e. The van der Waals surface area contributed by atoms with Crippen LogP contribution in [0.3, 0.4) is 0 Å². The molecule has 0 bridgehead atoms. The third-order valence-corrected chi connectivity index (χ3v) is 11.2. The summed E-state index contributed by atoms with van der Waals surface area (Å²) >= 11 is 1.86. The molecule has 0 aliphatic heterocycles. The van der Waals surface area contributed by atoms with E-state index in [1.165, 1.54) is 69.9 Å². The fourth-order valence-corrected chi connectivity index (χ4v) is 8.70. The molecule has 0 aliphatic carbocycles. The molecule has 2 aromatic heterocycles. The van der Waals surface area contributed by atoms with E-state index in [1.54, 1.807) is 0 Å². The summed E-state index contributed by atoms with van der Waals surface area (Å²) in [6, 6.07) is 70.4. The molecule has 0 saturated carbocycles. The number of para-hydroxylation sites is 1. The first-order valence-corrected chi connectivity index (χ1v) is 18.2. The molecule has 10 aromatic rings. The second-order valence-electron chi connectivity index (χ2n) is 13.0. The first-order chi connectivity index (χ1) is 25.3. The van der Waals surface area contributed by atoms with Crippen LogP contribution in [0.25, 0.3) is 69.9 Å². The Labute approximate surface area is 300 Å². The highest BCUT2D eigenvalue weighted by atomic mass is 32.1. The summed E-state index contributed by atoms with van der Waals surface area (Å²) in [4.78, 5) is 2.41. The SMILES string of the molecule is c1ccc(-c2ccc(N(c3ccc(-c4ccccc4)cc3)c3cccc4c3c3ccccc3n4-c3ccc4sc5ccccc5c4c3)cc2)cc1. The second kappa shape index (κ2) is 12.2. The maximum Gasteiger partial charge on any atom is 0.0562 e. The van der Waals surface area contributed by atoms with Crippen LogP contribution >= 0.6 is 11.3 Å². The lowest BCUT2D eigenvalue weighted by molar-refractivity contribution is 1.19. The number of fused-ring (bicyclic) bond motifs is 6. The minimum absolute atomic E-state index is 1.11. The van der Waals surface area contributed by atoms with Gasteiger partial charge in [-0.1, -0.05) is 127 Å². The molecule has 10 rings (SSSR count). The van der Waals surface area contributed by atoms with E-state index in [-0.39, 0.29) is 0 Å². The van der Waals surface area contributed by atoms with Gasteiger partial charge in [-0.15, -0.1) is 11.3 Å². The van der Waals surface area contributed by atoms with Crippen molar-refractivity contribution < 1.29 is 0 Å². The van der Waals surface area contributed by atoms with Crippen molar-refractivity contribution in [2.24, 2.45) is 0 Å². The van der Waals surface area contributed by atoms with Gasteiger partial charge >= 0.3 is 0 Å². The van der Waals surface area contributed by atoms with E-state index in [0.29, 0.717) is 0 Å². The number of benzene rings is 8. The first kappa shape index (κ1) is 29.5. The van der Waals surface area contributed by atoms with Gasteiger partial charge in [0.25, 0.3) is 0 Å². The van der Waals surface area contributed by atoms with E-state index in [9.17, 15) is 0 Å². The molecule has 2 heterocycles. The molecule has 51 heavy (non-hydrogen) atoms. The minimum atomic E-state index is 1.11. The molecule has 0 N–H and O–H groups in total. The van der Waals surface area contributed by atoms with Crippen LogP contribution in [0.2, 0.25) is 0 Å². The van der Waals surface area contributed by atoms with Crippen LogP contribution in [0.5, 0.6) is 0 Å². The standard InChI is InChI=1S/C48H32N2S/c1-3-12-33(13-4-1)35-22-26-37(27-23-35)49(38-28-24-36(25-29-38)34-14-5-2-6-15-34)44-19-11-20-45-48(44)41-17-7-9-18-43(41)50(45)39-30-31-47-42(32-39)40-16-8-10-21-46(40)51-47/h1-32H. The van der Waals surface area contributed by atoms with Crippen molar-refractivity contribution in [3.8, 4) is 27.9 Å². The summed E-state index contributed by atoms with van der Waals surface area (Å²) in [5, 5.41) is 5.06. The summed E-state index contributed by atoms with van der Waals surface area (Å²) in [5.41, 5.74) is 11.7.